The average molecular weight is 437 g/mol. The summed E-state index contributed by atoms with van der Waals surface area (Å²) in [5.74, 6) is -0.760. The number of thiazole rings is 1. The molecule has 0 fully saturated rings. The monoisotopic (exact) mass is 437 g/mol. The number of nitrogens with zero attached hydrogens (tertiary/aromatic N) is 1. The van der Waals surface area contributed by atoms with E-state index in [1.807, 2.05) is 0 Å². The van der Waals surface area contributed by atoms with Crippen molar-refractivity contribution in [1.82, 2.24) is 10.5 Å². The normalized spacial score (nSPS) is 11.1. The molecule has 152 valence electrons. The zero-order valence-electron chi connectivity index (χ0n) is 15.3. The molecule has 1 amide bonds. The number of benzene rings is 2. The lowest BCUT2D eigenvalue weighted by molar-refractivity contribution is 0.0537. The van der Waals surface area contributed by atoms with Crippen molar-refractivity contribution in [1.29, 1.82) is 0 Å². The van der Waals surface area contributed by atoms with Gasteiger partial charge in [0, 0.05) is 16.5 Å². The van der Waals surface area contributed by atoms with Crippen LogP contribution < -0.4 is 14.9 Å². The van der Waals surface area contributed by atoms with Crippen LogP contribution in [0.25, 0.3) is 10.6 Å². The molecule has 0 aliphatic heterocycles. The number of aromatic nitrogens is 1. The van der Waals surface area contributed by atoms with Crippen LogP contribution in [0, 0.1) is 5.82 Å². The topological polar surface area (TPSA) is 107 Å². The minimum absolute atomic E-state index is 0.137. The Hall–Kier alpha value is -3.02. The molecule has 1 heterocycles. The second kappa shape index (κ2) is 8.55. The molecule has 0 atom stereocenters. The van der Waals surface area contributed by atoms with Crippen LogP contribution in [0.3, 0.4) is 0 Å². The number of hydrogen-bond donors (Lipinski definition) is 2. The molecule has 0 saturated carbocycles. The highest BCUT2D eigenvalue weighted by Gasteiger charge is 2.21. The van der Waals surface area contributed by atoms with Crippen molar-refractivity contribution in [3.8, 4) is 16.3 Å². The number of carbonyl (C=O) groups is 1. The minimum atomic E-state index is -4.01. The predicted molar refractivity (Wildman–Crippen MR) is 106 cm³/mol. The molecule has 8 nitrogen and oxygen atoms in total. The lowest BCUT2D eigenvalue weighted by Gasteiger charge is -2.12. The van der Waals surface area contributed by atoms with E-state index in [0.29, 0.717) is 10.6 Å². The van der Waals surface area contributed by atoms with Crippen molar-refractivity contribution >= 4 is 33.0 Å². The smallest absolute Gasteiger partial charge is 0.280 e. The maximum Gasteiger partial charge on any atom is 0.280 e. The molecule has 29 heavy (non-hydrogen) atoms. The summed E-state index contributed by atoms with van der Waals surface area (Å²) in [6.45, 7) is 0. The van der Waals surface area contributed by atoms with Crippen molar-refractivity contribution < 1.29 is 27.2 Å². The summed E-state index contributed by atoms with van der Waals surface area (Å²) < 4.78 is 46.1. The number of anilines is 1. The Labute approximate surface area is 170 Å². The van der Waals surface area contributed by atoms with Crippen LogP contribution in [0.2, 0.25) is 0 Å². The largest absolute Gasteiger partial charge is 0.495 e. The van der Waals surface area contributed by atoms with Crippen molar-refractivity contribution in [3.63, 3.8) is 0 Å². The third-order valence-corrected chi connectivity index (χ3v) is 6.04. The summed E-state index contributed by atoms with van der Waals surface area (Å²) in [7, 11) is -1.37. The molecule has 2 aromatic carbocycles. The molecule has 3 aromatic rings. The standard InChI is InChI=1S/C18H16FN3O5S2/c1-26-15-9-12(17(23)21-27-2)5-8-14(15)22-29(24,25)16-10-28-18(20-16)11-3-6-13(19)7-4-11/h3-10,22H,1-2H3,(H,21,23). The Balaban J connectivity index is 1.86. The number of carbonyl (C=O) groups excluding carboxylic acids is 1. The van der Waals surface area contributed by atoms with E-state index < -0.39 is 21.7 Å². The molecule has 0 saturated heterocycles. The van der Waals surface area contributed by atoms with Gasteiger partial charge < -0.3 is 4.74 Å². The van der Waals surface area contributed by atoms with E-state index in [9.17, 15) is 17.6 Å². The van der Waals surface area contributed by atoms with Crippen molar-refractivity contribution in [3.05, 3.63) is 59.2 Å². The molecule has 0 bridgehead atoms. The highest BCUT2D eigenvalue weighted by Crippen LogP contribution is 2.30. The first-order valence-corrected chi connectivity index (χ1v) is 10.5. The summed E-state index contributed by atoms with van der Waals surface area (Å²) >= 11 is 1.12. The highest BCUT2D eigenvalue weighted by atomic mass is 32.2. The second-order valence-corrected chi connectivity index (χ2v) is 8.14. The van der Waals surface area contributed by atoms with Gasteiger partial charge in [-0.2, -0.15) is 8.42 Å². The summed E-state index contributed by atoms with van der Waals surface area (Å²) in [6, 6.07) is 9.77. The summed E-state index contributed by atoms with van der Waals surface area (Å²) in [6.07, 6.45) is 0. The molecule has 3 rings (SSSR count). The van der Waals surface area contributed by atoms with Crippen molar-refractivity contribution in [2.75, 3.05) is 18.9 Å². The molecule has 0 radical (unpaired) electrons. The molecule has 0 aliphatic carbocycles. The summed E-state index contributed by atoms with van der Waals surface area (Å²) in [5.41, 5.74) is 3.12. The lowest BCUT2D eigenvalue weighted by Crippen LogP contribution is -2.22. The van der Waals surface area contributed by atoms with Gasteiger partial charge in [-0.15, -0.1) is 11.3 Å². The first-order valence-electron chi connectivity index (χ1n) is 8.09. The molecule has 1 aromatic heterocycles. The van der Waals surface area contributed by atoms with Gasteiger partial charge in [0.2, 0.25) is 0 Å². The number of hydrogen-bond acceptors (Lipinski definition) is 7. The number of hydroxylamine groups is 1. The van der Waals surface area contributed by atoms with E-state index >= 15 is 0 Å². The Bertz CT molecular complexity index is 1130. The van der Waals surface area contributed by atoms with E-state index in [4.69, 9.17) is 4.74 Å². The number of sulfonamides is 1. The maximum absolute atomic E-state index is 13.1. The molecular formula is C18H16FN3O5S2. The number of amides is 1. The average Bonchev–Trinajstić information content (AvgIpc) is 3.20. The number of ether oxygens (including phenoxy) is 1. The van der Waals surface area contributed by atoms with Crippen LogP contribution in [0.15, 0.2) is 52.9 Å². The van der Waals surface area contributed by atoms with Gasteiger partial charge in [0.15, 0.2) is 5.03 Å². The van der Waals surface area contributed by atoms with Crippen LogP contribution in [-0.2, 0) is 14.9 Å². The fourth-order valence-electron chi connectivity index (χ4n) is 2.37. The molecule has 0 spiro atoms. The van der Waals surface area contributed by atoms with Gasteiger partial charge >= 0.3 is 0 Å². The van der Waals surface area contributed by atoms with Crippen LogP contribution >= 0.6 is 11.3 Å². The van der Waals surface area contributed by atoms with Gasteiger partial charge in [0.05, 0.1) is 19.9 Å². The van der Waals surface area contributed by atoms with Gasteiger partial charge in [-0.3, -0.25) is 14.4 Å². The Morgan fingerprint density at radius 1 is 1.14 bits per heavy atom. The van der Waals surface area contributed by atoms with E-state index in [1.54, 1.807) is 0 Å². The SMILES string of the molecule is CONC(=O)c1ccc(NS(=O)(=O)c2csc(-c3ccc(F)cc3)n2)c(OC)c1. The van der Waals surface area contributed by atoms with Gasteiger partial charge in [-0.25, -0.2) is 14.9 Å². The fourth-order valence-corrected chi connectivity index (χ4v) is 4.54. The number of halogens is 1. The zero-order chi connectivity index (χ0) is 21.0. The Morgan fingerprint density at radius 2 is 1.86 bits per heavy atom. The van der Waals surface area contributed by atoms with Crippen molar-refractivity contribution in [2.24, 2.45) is 0 Å². The van der Waals surface area contributed by atoms with Crippen LogP contribution in [-0.4, -0.2) is 33.5 Å². The molecule has 2 N–H and O–H groups in total. The van der Waals surface area contributed by atoms with Gasteiger partial charge in [0.25, 0.3) is 15.9 Å². The van der Waals surface area contributed by atoms with E-state index in [2.05, 4.69) is 20.0 Å². The minimum Gasteiger partial charge on any atom is -0.495 e. The van der Waals surface area contributed by atoms with Crippen molar-refractivity contribution in [2.45, 2.75) is 5.03 Å². The number of rotatable bonds is 7. The first-order chi connectivity index (χ1) is 13.8. The number of nitrogens with one attached hydrogen (secondary N) is 2. The predicted octanol–water partition coefficient (Wildman–Crippen LogP) is 3.05. The lowest BCUT2D eigenvalue weighted by atomic mass is 10.2. The third-order valence-electron chi connectivity index (χ3n) is 3.75. The third kappa shape index (κ3) is 4.70. The van der Waals surface area contributed by atoms with Gasteiger partial charge in [0.1, 0.15) is 16.6 Å². The van der Waals surface area contributed by atoms with E-state index in [-0.39, 0.29) is 22.0 Å². The maximum atomic E-state index is 13.1. The second-order valence-electron chi connectivity index (χ2n) is 5.65. The van der Waals surface area contributed by atoms with Gasteiger partial charge in [-0.05, 0) is 42.5 Å². The summed E-state index contributed by atoms with van der Waals surface area (Å²) in [5, 5.41) is 1.63. The van der Waals surface area contributed by atoms with Crippen LogP contribution in [0.5, 0.6) is 5.75 Å². The zero-order valence-corrected chi connectivity index (χ0v) is 16.9. The molecule has 0 unspecified atom stereocenters. The number of methoxy groups -OCH3 is 1. The van der Waals surface area contributed by atoms with Gasteiger partial charge in [-0.1, -0.05) is 0 Å². The van der Waals surface area contributed by atoms with Crippen LogP contribution in [0.1, 0.15) is 10.4 Å². The Morgan fingerprint density at radius 3 is 2.52 bits per heavy atom. The molecule has 0 aliphatic rings. The molecular weight excluding hydrogens is 421 g/mol. The highest BCUT2D eigenvalue weighted by molar-refractivity contribution is 7.92. The van der Waals surface area contributed by atoms with E-state index in [0.717, 1.165) is 11.3 Å². The fraction of sp³-hybridized carbons (Fsp3) is 0.111. The molecule has 11 heteroatoms. The quantitative estimate of drug-likeness (QED) is 0.550. The van der Waals surface area contributed by atoms with E-state index in [1.165, 1.54) is 62.1 Å². The van der Waals surface area contributed by atoms with Crippen LogP contribution in [0.4, 0.5) is 10.1 Å². The summed E-state index contributed by atoms with van der Waals surface area (Å²) in [4.78, 5) is 20.5. The first kappa shape index (κ1) is 20.7. The Kier molecular flexibility index (Phi) is 6.11.